The Balaban J connectivity index is 2.73. The minimum atomic E-state index is 0.141. The van der Waals surface area contributed by atoms with Gasteiger partial charge in [-0.25, -0.2) is 0 Å². The summed E-state index contributed by atoms with van der Waals surface area (Å²) in [5.41, 5.74) is 2.64. The van der Waals surface area contributed by atoms with Crippen LogP contribution in [0.25, 0.3) is 0 Å². The largest absolute Gasteiger partial charge is 0.308 e. The lowest BCUT2D eigenvalue weighted by Crippen LogP contribution is -2.35. The van der Waals surface area contributed by atoms with Crippen LogP contribution in [0.4, 0.5) is 0 Å². The maximum absolute atomic E-state index is 4.57. The smallest absolute Gasteiger partial charge is 0.0984 e. The molecule has 0 unspecified atom stereocenters. The highest BCUT2D eigenvalue weighted by Gasteiger charge is 2.16. The van der Waals surface area contributed by atoms with E-state index in [1.165, 1.54) is 22.8 Å². The summed E-state index contributed by atoms with van der Waals surface area (Å²) >= 11 is 1.93. The van der Waals surface area contributed by atoms with Crippen LogP contribution in [0.3, 0.4) is 0 Å². The van der Waals surface area contributed by atoms with Gasteiger partial charge in [-0.1, -0.05) is 13.8 Å². The quantitative estimate of drug-likeness (QED) is 0.806. The third-order valence-corrected chi connectivity index (χ3v) is 4.24. The maximum atomic E-state index is 4.57. The fourth-order valence-corrected chi connectivity index (χ4v) is 3.21. The number of hydrogen-bond acceptors (Lipinski definition) is 3. The molecule has 1 aromatic rings. The molecule has 0 atom stereocenters. The maximum Gasteiger partial charge on any atom is 0.0984 e. The zero-order valence-corrected chi connectivity index (χ0v) is 14.3. The van der Waals surface area contributed by atoms with Crippen LogP contribution in [0.5, 0.6) is 0 Å². The fourth-order valence-electron chi connectivity index (χ4n) is 1.81. The van der Waals surface area contributed by atoms with Crippen molar-refractivity contribution in [3.05, 3.63) is 11.3 Å². The van der Waals surface area contributed by atoms with Gasteiger partial charge in [0, 0.05) is 24.7 Å². The van der Waals surface area contributed by atoms with Crippen molar-refractivity contribution in [3.63, 3.8) is 0 Å². The zero-order valence-electron chi connectivity index (χ0n) is 13.5. The monoisotopic (exact) mass is 283 g/mol. The van der Waals surface area contributed by atoms with Gasteiger partial charge in [0.05, 0.1) is 10.7 Å². The molecule has 1 aromatic heterocycles. The fraction of sp³-hybridized carbons (Fsp3) is 0.800. The predicted octanol–water partition coefficient (Wildman–Crippen LogP) is 3.75. The van der Waals surface area contributed by atoms with Crippen LogP contribution < -0.4 is 5.32 Å². The van der Waals surface area contributed by atoms with Gasteiger partial charge in [0.1, 0.15) is 0 Å². The highest BCUT2D eigenvalue weighted by atomic mass is 32.2. The summed E-state index contributed by atoms with van der Waals surface area (Å²) in [5, 5.41) is 9.45. The van der Waals surface area contributed by atoms with E-state index in [1.807, 2.05) is 23.5 Å². The van der Waals surface area contributed by atoms with Gasteiger partial charge in [0.15, 0.2) is 0 Å². The Bertz CT molecular complexity index is 402. The summed E-state index contributed by atoms with van der Waals surface area (Å²) in [6, 6.07) is 0. The van der Waals surface area contributed by atoms with E-state index in [0.29, 0.717) is 0 Å². The molecule has 0 saturated heterocycles. The van der Waals surface area contributed by atoms with E-state index in [9.17, 15) is 0 Å². The van der Waals surface area contributed by atoms with E-state index in [0.717, 1.165) is 18.2 Å². The standard InChI is InChI=1S/C15H29N3S/c1-11(2)8-9-19-14-13(10-16-15(4,5)6)12(3)17-18(14)7/h11,16H,8-10H2,1-7H3. The Morgan fingerprint density at radius 2 is 1.95 bits per heavy atom. The molecule has 3 nitrogen and oxygen atoms in total. The van der Waals surface area contributed by atoms with Gasteiger partial charge in [0.25, 0.3) is 0 Å². The zero-order chi connectivity index (χ0) is 14.6. The Labute approximate surface area is 122 Å². The molecule has 0 aliphatic heterocycles. The highest BCUT2D eigenvalue weighted by molar-refractivity contribution is 7.99. The van der Waals surface area contributed by atoms with Crippen LogP contribution in [0.1, 0.15) is 52.3 Å². The van der Waals surface area contributed by atoms with Crippen molar-refractivity contribution in [1.82, 2.24) is 15.1 Å². The lowest BCUT2D eigenvalue weighted by molar-refractivity contribution is 0.421. The van der Waals surface area contributed by atoms with E-state index >= 15 is 0 Å². The number of nitrogens with one attached hydrogen (secondary N) is 1. The number of thioether (sulfide) groups is 1. The predicted molar refractivity (Wildman–Crippen MR) is 84.7 cm³/mol. The molecular weight excluding hydrogens is 254 g/mol. The number of hydrogen-bond donors (Lipinski definition) is 1. The first kappa shape index (κ1) is 16.6. The van der Waals surface area contributed by atoms with Crippen molar-refractivity contribution in [1.29, 1.82) is 0 Å². The van der Waals surface area contributed by atoms with Crippen molar-refractivity contribution in [3.8, 4) is 0 Å². The second kappa shape index (κ2) is 6.80. The van der Waals surface area contributed by atoms with Crippen molar-refractivity contribution >= 4 is 11.8 Å². The molecule has 19 heavy (non-hydrogen) atoms. The third kappa shape index (κ3) is 5.57. The first-order valence-electron chi connectivity index (χ1n) is 7.11. The van der Waals surface area contributed by atoms with Crippen LogP contribution in [0, 0.1) is 12.8 Å². The summed E-state index contributed by atoms with van der Waals surface area (Å²) in [7, 11) is 2.05. The van der Waals surface area contributed by atoms with E-state index in [1.54, 1.807) is 0 Å². The van der Waals surface area contributed by atoms with Gasteiger partial charge in [-0.2, -0.15) is 5.10 Å². The third-order valence-electron chi connectivity index (χ3n) is 3.02. The molecule has 0 aliphatic rings. The molecule has 110 valence electrons. The highest BCUT2D eigenvalue weighted by Crippen LogP contribution is 2.26. The molecule has 0 radical (unpaired) electrons. The van der Waals surface area contributed by atoms with Gasteiger partial charge >= 0.3 is 0 Å². The molecule has 0 amide bonds. The van der Waals surface area contributed by atoms with Crippen molar-refractivity contribution in [2.24, 2.45) is 13.0 Å². The minimum absolute atomic E-state index is 0.141. The van der Waals surface area contributed by atoms with Gasteiger partial charge < -0.3 is 5.32 Å². The first-order valence-corrected chi connectivity index (χ1v) is 8.09. The molecule has 0 aromatic carbocycles. The molecule has 1 heterocycles. The van der Waals surface area contributed by atoms with Crippen molar-refractivity contribution in [2.75, 3.05) is 5.75 Å². The van der Waals surface area contributed by atoms with E-state index in [-0.39, 0.29) is 5.54 Å². The topological polar surface area (TPSA) is 29.9 Å². The summed E-state index contributed by atoms with van der Waals surface area (Å²) in [4.78, 5) is 0. The Morgan fingerprint density at radius 1 is 1.32 bits per heavy atom. The van der Waals surface area contributed by atoms with Crippen LogP contribution in [0.15, 0.2) is 5.03 Å². The number of aryl methyl sites for hydroxylation is 2. The number of rotatable bonds is 6. The Hall–Kier alpha value is -0.480. The average Bonchev–Trinajstić information content (AvgIpc) is 2.49. The minimum Gasteiger partial charge on any atom is -0.308 e. The van der Waals surface area contributed by atoms with Crippen LogP contribution in [0.2, 0.25) is 0 Å². The van der Waals surface area contributed by atoms with Gasteiger partial charge in [-0.3, -0.25) is 4.68 Å². The van der Waals surface area contributed by atoms with E-state index in [2.05, 4.69) is 52.0 Å². The molecule has 0 fully saturated rings. The average molecular weight is 283 g/mol. The Kier molecular flexibility index (Phi) is 5.93. The van der Waals surface area contributed by atoms with Crippen molar-refractivity contribution < 1.29 is 0 Å². The first-order chi connectivity index (χ1) is 8.70. The summed E-state index contributed by atoms with van der Waals surface area (Å²) in [6.07, 6.45) is 1.25. The lowest BCUT2D eigenvalue weighted by atomic mass is 10.1. The molecule has 1 N–H and O–H groups in total. The van der Waals surface area contributed by atoms with Gasteiger partial charge in [-0.15, -0.1) is 11.8 Å². The van der Waals surface area contributed by atoms with Crippen molar-refractivity contribution in [2.45, 2.75) is 65.1 Å². The SMILES string of the molecule is Cc1nn(C)c(SCCC(C)C)c1CNC(C)(C)C. The second-order valence-electron chi connectivity index (χ2n) is 6.63. The summed E-state index contributed by atoms with van der Waals surface area (Å²) in [5.74, 6) is 1.93. The number of nitrogens with zero attached hydrogens (tertiary/aromatic N) is 2. The Morgan fingerprint density at radius 3 is 2.47 bits per heavy atom. The van der Waals surface area contributed by atoms with Crippen LogP contribution >= 0.6 is 11.8 Å². The normalized spacial score (nSPS) is 12.4. The van der Waals surface area contributed by atoms with E-state index < -0.39 is 0 Å². The summed E-state index contributed by atoms with van der Waals surface area (Å²) < 4.78 is 2.03. The van der Waals surface area contributed by atoms with Crippen LogP contribution in [-0.2, 0) is 13.6 Å². The second-order valence-corrected chi connectivity index (χ2v) is 7.71. The lowest BCUT2D eigenvalue weighted by Gasteiger charge is -2.21. The van der Waals surface area contributed by atoms with Gasteiger partial charge in [0.2, 0.25) is 0 Å². The number of aromatic nitrogens is 2. The van der Waals surface area contributed by atoms with E-state index in [4.69, 9.17) is 0 Å². The summed E-state index contributed by atoms with van der Waals surface area (Å²) in [6.45, 7) is 14.1. The molecule has 0 aliphatic carbocycles. The molecule has 0 spiro atoms. The molecule has 4 heteroatoms. The molecular formula is C15H29N3S. The van der Waals surface area contributed by atoms with Crippen LogP contribution in [-0.4, -0.2) is 21.1 Å². The molecule has 0 saturated carbocycles. The molecule has 1 rings (SSSR count). The molecule has 0 bridgehead atoms. The van der Waals surface area contributed by atoms with Gasteiger partial charge in [-0.05, 0) is 45.8 Å².